The largest absolute Gasteiger partial charge is 0.389 e. The average molecular weight is 215 g/mol. The monoisotopic (exact) mass is 215 g/mol. The van der Waals surface area contributed by atoms with Gasteiger partial charge in [-0.15, -0.1) is 0 Å². The van der Waals surface area contributed by atoms with Crippen LogP contribution in [0.2, 0.25) is 0 Å². The fourth-order valence-corrected chi connectivity index (χ4v) is 1.76. The van der Waals surface area contributed by atoms with Gasteiger partial charge in [-0.2, -0.15) is 0 Å². The maximum Gasteiger partial charge on any atom is 0.0897 e. The van der Waals surface area contributed by atoms with E-state index in [9.17, 15) is 5.11 Å². The molecular weight excluding hydrogens is 194 g/mol. The summed E-state index contributed by atoms with van der Waals surface area (Å²) in [6.45, 7) is 2.55. The zero-order chi connectivity index (χ0) is 10.5. The van der Waals surface area contributed by atoms with Gasteiger partial charge in [0.05, 0.1) is 25.4 Å². The van der Waals surface area contributed by atoms with E-state index >= 15 is 0 Å². The molecule has 0 bridgehead atoms. The van der Waals surface area contributed by atoms with Gasteiger partial charge in [-0.3, -0.25) is 0 Å². The van der Waals surface area contributed by atoms with E-state index in [2.05, 4.69) is 5.32 Å². The molecule has 1 heterocycles. The Hall–Kier alpha value is -0.160. The van der Waals surface area contributed by atoms with E-state index in [-0.39, 0.29) is 12.2 Å². The van der Waals surface area contributed by atoms with Crippen LogP contribution in [0, 0.1) is 0 Å². The lowest BCUT2D eigenvalue weighted by atomic mass is 10.2. The third-order valence-electron chi connectivity index (χ3n) is 2.86. The van der Waals surface area contributed by atoms with Gasteiger partial charge in [0.15, 0.2) is 0 Å². The van der Waals surface area contributed by atoms with Gasteiger partial charge in [-0.1, -0.05) is 0 Å². The number of hydrogen-bond acceptors (Lipinski definition) is 4. The van der Waals surface area contributed by atoms with Crippen molar-refractivity contribution in [1.82, 2.24) is 5.32 Å². The molecule has 0 spiro atoms. The summed E-state index contributed by atoms with van der Waals surface area (Å²) >= 11 is 0. The molecule has 2 atom stereocenters. The quantitative estimate of drug-likeness (QED) is 0.641. The third-order valence-corrected chi connectivity index (χ3v) is 2.86. The van der Waals surface area contributed by atoms with Gasteiger partial charge in [0.25, 0.3) is 0 Å². The molecule has 4 heteroatoms. The van der Waals surface area contributed by atoms with Crippen LogP contribution in [0.1, 0.15) is 25.7 Å². The Labute approximate surface area is 90.9 Å². The van der Waals surface area contributed by atoms with E-state index in [0.29, 0.717) is 25.8 Å². The second-order valence-electron chi connectivity index (χ2n) is 4.51. The molecule has 1 aliphatic heterocycles. The van der Waals surface area contributed by atoms with Crippen molar-refractivity contribution >= 4 is 0 Å². The maximum atomic E-state index is 9.57. The van der Waals surface area contributed by atoms with Gasteiger partial charge >= 0.3 is 0 Å². The van der Waals surface area contributed by atoms with E-state index in [1.54, 1.807) is 0 Å². The number of nitrogens with one attached hydrogen (secondary N) is 1. The summed E-state index contributed by atoms with van der Waals surface area (Å²) in [6.07, 6.45) is 4.61. The first-order valence-corrected chi connectivity index (χ1v) is 5.95. The van der Waals surface area contributed by atoms with Crippen LogP contribution in [0.4, 0.5) is 0 Å². The van der Waals surface area contributed by atoms with Gasteiger partial charge in [-0.25, -0.2) is 0 Å². The molecule has 2 fully saturated rings. The fraction of sp³-hybridized carbons (Fsp3) is 1.00. The maximum absolute atomic E-state index is 9.57. The third kappa shape index (κ3) is 4.47. The Morgan fingerprint density at radius 2 is 2.27 bits per heavy atom. The van der Waals surface area contributed by atoms with Crippen LogP contribution in [0.3, 0.4) is 0 Å². The first-order valence-electron chi connectivity index (χ1n) is 5.95. The highest BCUT2D eigenvalue weighted by molar-refractivity contribution is 4.81. The highest BCUT2D eigenvalue weighted by Crippen LogP contribution is 2.18. The molecule has 0 aromatic carbocycles. The molecule has 2 aliphatic rings. The second kappa shape index (κ2) is 5.80. The Morgan fingerprint density at radius 3 is 2.93 bits per heavy atom. The number of hydrogen-bond donors (Lipinski definition) is 2. The van der Waals surface area contributed by atoms with Crippen molar-refractivity contribution in [2.45, 2.75) is 43.9 Å². The molecule has 0 aromatic heterocycles. The predicted octanol–water partition coefficient (Wildman–Crippen LogP) is 0.295. The van der Waals surface area contributed by atoms with Crippen LogP contribution in [0.5, 0.6) is 0 Å². The summed E-state index contributed by atoms with van der Waals surface area (Å²) in [4.78, 5) is 0. The molecule has 0 radical (unpaired) electrons. The van der Waals surface area contributed by atoms with Crippen molar-refractivity contribution in [3.63, 3.8) is 0 Å². The Balaban J connectivity index is 1.44. The van der Waals surface area contributed by atoms with Crippen LogP contribution in [-0.2, 0) is 9.47 Å². The number of rotatable bonds is 7. The lowest BCUT2D eigenvalue weighted by Gasteiger charge is -2.14. The molecule has 2 rings (SSSR count). The average Bonchev–Trinajstić information content (AvgIpc) is 2.92. The van der Waals surface area contributed by atoms with Crippen LogP contribution in [0.25, 0.3) is 0 Å². The van der Waals surface area contributed by atoms with Gasteiger partial charge in [-0.05, 0) is 25.7 Å². The molecule has 88 valence electrons. The second-order valence-corrected chi connectivity index (χ2v) is 4.51. The normalized spacial score (nSPS) is 28.2. The number of aliphatic hydroxyl groups excluding tert-OH is 1. The topological polar surface area (TPSA) is 50.7 Å². The zero-order valence-electron chi connectivity index (χ0n) is 9.15. The summed E-state index contributed by atoms with van der Waals surface area (Å²) in [6, 6.07) is 0.651. The van der Waals surface area contributed by atoms with E-state index in [4.69, 9.17) is 9.47 Å². The van der Waals surface area contributed by atoms with Gasteiger partial charge in [0, 0.05) is 19.2 Å². The summed E-state index contributed by atoms with van der Waals surface area (Å²) in [7, 11) is 0. The molecule has 15 heavy (non-hydrogen) atoms. The summed E-state index contributed by atoms with van der Waals surface area (Å²) in [5, 5.41) is 12.8. The molecule has 2 unspecified atom stereocenters. The van der Waals surface area contributed by atoms with Gasteiger partial charge in [0.1, 0.15) is 0 Å². The summed E-state index contributed by atoms with van der Waals surface area (Å²) < 4.78 is 10.8. The van der Waals surface area contributed by atoms with Crippen LogP contribution in [0.15, 0.2) is 0 Å². The van der Waals surface area contributed by atoms with Gasteiger partial charge < -0.3 is 19.9 Å². The predicted molar refractivity (Wildman–Crippen MR) is 56.8 cm³/mol. The standard InChI is InChI=1S/C11H21NO3/c13-10(6-12-9-3-4-9)7-14-8-11-2-1-5-15-11/h9-13H,1-8H2. The number of aliphatic hydroxyl groups is 1. The molecule has 4 nitrogen and oxygen atoms in total. The minimum Gasteiger partial charge on any atom is -0.389 e. The molecule has 0 amide bonds. The van der Waals surface area contributed by atoms with Crippen LogP contribution >= 0.6 is 0 Å². The first kappa shape index (κ1) is 11.3. The molecule has 1 saturated carbocycles. The molecule has 1 saturated heterocycles. The molecule has 1 aliphatic carbocycles. The van der Waals surface area contributed by atoms with Crippen molar-refractivity contribution in [1.29, 1.82) is 0 Å². The van der Waals surface area contributed by atoms with Crippen LogP contribution < -0.4 is 5.32 Å². The molecular formula is C11H21NO3. The van der Waals surface area contributed by atoms with E-state index in [1.165, 1.54) is 12.8 Å². The highest BCUT2D eigenvalue weighted by atomic mass is 16.5. The minimum absolute atomic E-state index is 0.258. The van der Waals surface area contributed by atoms with E-state index in [0.717, 1.165) is 19.4 Å². The lowest BCUT2D eigenvalue weighted by molar-refractivity contribution is -0.0164. The van der Waals surface area contributed by atoms with Gasteiger partial charge in [0.2, 0.25) is 0 Å². The highest BCUT2D eigenvalue weighted by Gasteiger charge is 2.21. The van der Waals surface area contributed by atoms with Crippen molar-refractivity contribution in [3.8, 4) is 0 Å². The van der Waals surface area contributed by atoms with Crippen molar-refractivity contribution in [2.75, 3.05) is 26.4 Å². The van der Waals surface area contributed by atoms with E-state index < -0.39 is 0 Å². The molecule has 2 N–H and O–H groups in total. The Kier molecular flexibility index (Phi) is 4.38. The first-order chi connectivity index (χ1) is 7.34. The van der Waals surface area contributed by atoms with E-state index in [1.807, 2.05) is 0 Å². The smallest absolute Gasteiger partial charge is 0.0897 e. The molecule has 0 aromatic rings. The minimum atomic E-state index is -0.382. The Morgan fingerprint density at radius 1 is 1.40 bits per heavy atom. The Bertz CT molecular complexity index is 179. The van der Waals surface area contributed by atoms with Crippen molar-refractivity contribution in [2.24, 2.45) is 0 Å². The summed E-state index contributed by atoms with van der Waals surface area (Å²) in [5.41, 5.74) is 0. The lowest BCUT2D eigenvalue weighted by Crippen LogP contribution is -2.32. The number of ether oxygens (including phenoxy) is 2. The zero-order valence-corrected chi connectivity index (χ0v) is 9.15. The van der Waals surface area contributed by atoms with Crippen LogP contribution in [-0.4, -0.2) is 49.7 Å². The van der Waals surface area contributed by atoms with Crippen molar-refractivity contribution < 1.29 is 14.6 Å². The van der Waals surface area contributed by atoms with Crippen molar-refractivity contribution in [3.05, 3.63) is 0 Å². The fourth-order valence-electron chi connectivity index (χ4n) is 1.76. The summed E-state index contributed by atoms with van der Waals surface area (Å²) in [5.74, 6) is 0. The SMILES string of the molecule is OC(CNC1CC1)COCC1CCCO1.